The first-order valence-electron chi connectivity index (χ1n) is 21.1. The number of ether oxygens (including phenoxy) is 7. The molecule has 2 aliphatic heterocycles. The van der Waals surface area contributed by atoms with Crippen LogP contribution >= 0.6 is 0 Å². The smallest absolute Gasteiger partial charge is 0.333 e. The normalized spacial score (nSPS) is 26.1. The van der Waals surface area contributed by atoms with Crippen molar-refractivity contribution < 1.29 is 67.0 Å². The van der Waals surface area contributed by atoms with Crippen LogP contribution in [0.25, 0.3) is 0 Å². The highest BCUT2D eigenvalue weighted by atomic mass is 16.7. The summed E-state index contributed by atoms with van der Waals surface area (Å²) in [5.74, 6) is -5.58. The number of carbonyl (C=O) groups excluding carboxylic acids is 6. The molecular formula is C44H72O14. The Hall–Kier alpha value is -3.36. The standard InChI is InChI=1S/C44H72O14/c1-14-37(47)54-33(16-15-28(8)43(51)52-13)30(10)42(53-32(12)46)35(55-38(48)17-24(2)3)21-29(9)41(56-39(49)18-25(4)5)36-20-27(7)23-44(58-36)22-26(6)19-34(57-44)40(50)31(11)45/h15,24-27,29-30,33-36,40-42,50H,14,16-23H2,1-13H3/b28-15+/t26-,27?,29?,30?,33?,34+,35?,36?,40?,41?,42?,44+/m0/s1. The molecule has 2 heterocycles. The van der Waals surface area contributed by atoms with Crippen molar-refractivity contribution in [2.75, 3.05) is 7.11 Å². The van der Waals surface area contributed by atoms with Crippen LogP contribution in [0, 0.1) is 35.5 Å². The summed E-state index contributed by atoms with van der Waals surface area (Å²) >= 11 is 0. The number of ketones is 1. The zero-order valence-corrected chi connectivity index (χ0v) is 37.2. The van der Waals surface area contributed by atoms with Crippen molar-refractivity contribution in [1.29, 1.82) is 0 Å². The number of aliphatic hydroxyl groups is 1. The summed E-state index contributed by atoms with van der Waals surface area (Å²) in [5.41, 5.74) is 0.286. The minimum absolute atomic E-state index is 0.00378. The maximum absolute atomic E-state index is 13.5. The Balaban J connectivity index is 2.68. The van der Waals surface area contributed by atoms with Gasteiger partial charge in [-0.15, -0.1) is 0 Å². The lowest BCUT2D eigenvalue weighted by Crippen LogP contribution is -2.57. The third-order valence-electron chi connectivity index (χ3n) is 10.8. The van der Waals surface area contributed by atoms with Gasteiger partial charge in [-0.3, -0.25) is 24.0 Å². The molecule has 58 heavy (non-hydrogen) atoms. The van der Waals surface area contributed by atoms with E-state index in [0.29, 0.717) is 25.7 Å². The lowest BCUT2D eigenvalue weighted by molar-refractivity contribution is -0.347. The minimum Gasteiger partial charge on any atom is -0.466 e. The van der Waals surface area contributed by atoms with Gasteiger partial charge in [0, 0.05) is 56.9 Å². The number of aliphatic hydroxyl groups excluding tert-OH is 1. The number of hydrogen-bond acceptors (Lipinski definition) is 14. The second-order valence-electron chi connectivity index (χ2n) is 17.7. The summed E-state index contributed by atoms with van der Waals surface area (Å²) in [7, 11) is 1.26. The molecular weight excluding hydrogens is 752 g/mol. The molecule has 1 N–H and O–H groups in total. The molecule has 1 spiro atoms. The van der Waals surface area contributed by atoms with Gasteiger partial charge in [0.15, 0.2) is 11.6 Å². The van der Waals surface area contributed by atoms with Crippen LogP contribution in [-0.4, -0.2) is 96.4 Å². The van der Waals surface area contributed by atoms with Crippen LogP contribution < -0.4 is 0 Å². The lowest BCUT2D eigenvalue weighted by atomic mass is 9.79. The fraction of sp³-hybridized carbons (Fsp3) is 0.818. The van der Waals surface area contributed by atoms with E-state index < -0.39 is 96.0 Å². The van der Waals surface area contributed by atoms with Crippen molar-refractivity contribution in [1.82, 2.24) is 0 Å². The zero-order valence-electron chi connectivity index (χ0n) is 37.2. The maximum atomic E-state index is 13.5. The van der Waals surface area contributed by atoms with Crippen molar-refractivity contribution in [2.24, 2.45) is 35.5 Å². The average Bonchev–Trinajstić information content (AvgIpc) is 3.11. The van der Waals surface area contributed by atoms with E-state index in [1.165, 1.54) is 21.0 Å². The number of rotatable bonds is 21. The summed E-state index contributed by atoms with van der Waals surface area (Å²) in [5, 5.41) is 10.8. The van der Waals surface area contributed by atoms with Crippen LogP contribution in [0.4, 0.5) is 0 Å². The highest BCUT2D eigenvalue weighted by Gasteiger charge is 2.52. The van der Waals surface area contributed by atoms with Crippen LogP contribution in [0.15, 0.2) is 11.6 Å². The maximum Gasteiger partial charge on any atom is 0.333 e. The second-order valence-corrected chi connectivity index (χ2v) is 17.7. The topological polar surface area (TPSA) is 187 Å². The quantitative estimate of drug-likeness (QED) is 0.0741. The van der Waals surface area contributed by atoms with Crippen LogP contribution in [0.2, 0.25) is 0 Å². The van der Waals surface area contributed by atoms with Gasteiger partial charge in [0.05, 0.1) is 19.3 Å². The molecule has 14 nitrogen and oxygen atoms in total. The largest absolute Gasteiger partial charge is 0.466 e. The molecule has 0 aromatic heterocycles. The van der Waals surface area contributed by atoms with E-state index in [1.54, 1.807) is 26.8 Å². The summed E-state index contributed by atoms with van der Waals surface area (Å²) in [6.07, 6.45) is -2.91. The van der Waals surface area contributed by atoms with Gasteiger partial charge in [-0.2, -0.15) is 0 Å². The van der Waals surface area contributed by atoms with Crippen molar-refractivity contribution in [2.45, 2.75) is 189 Å². The lowest BCUT2D eigenvalue weighted by Gasteiger charge is -2.51. The predicted molar refractivity (Wildman–Crippen MR) is 214 cm³/mol. The van der Waals surface area contributed by atoms with Crippen LogP contribution in [0.1, 0.15) is 141 Å². The Morgan fingerprint density at radius 3 is 1.78 bits per heavy atom. The van der Waals surface area contributed by atoms with E-state index in [9.17, 15) is 33.9 Å². The summed E-state index contributed by atoms with van der Waals surface area (Å²) < 4.78 is 42.5. The Morgan fingerprint density at radius 2 is 1.28 bits per heavy atom. The molecule has 332 valence electrons. The van der Waals surface area contributed by atoms with Gasteiger partial charge in [-0.1, -0.05) is 68.4 Å². The molecule has 9 unspecified atom stereocenters. The number of Topliss-reactive ketones (excluding diaryl/α,β-unsaturated/α-hetero) is 1. The molecule has 0 bridgehead atoms. The fourth-order valence-corrected chi connectivity index (χ4v) is 8.11. The number of esters is 5. The first-order chi connectivity index (χ1) is 27.0. The first kappa shape index (κ1) is 50.8. The molecule has 0 aliphatic carbocycles. The fourth-order valence-electron chi connectivity index (χ4n) is 8.11. The van der Waals surface area contributed by atoms with E-state index in [2.05, 4.69) is 6.92 Å². The van der Waals surface area contributed by atoms with Gasteiger partial charge in [0.2, 0.25) is 0 Å². The van der Waals surface area contributed by atoms with Gasteiger partial charge >= 0.3 is 29.8 Å². The van der Waals surface area contributed by atoms with E-state index in [0.717, 1.165) is 0 Å². The van der Waals surface area contributed by atoms with E-state index in [-0.39, 0.29) is 61.3 Å². The molecule has 2 fully saturated rings. The molecule has 14 heteroatoms. The van der Waals surface area contributed by atoms with Gasteiger partial charge in [-0.05, 0) is 62.7 Å². The summed E-state index contributed by atoms with van der Waals surface area (Å²) in [6.45, 7) is 21.0. The highest BCUT2D eigenvalue weighted by Crippen LogP contribution is 2.46. The van der Waals surface area contributed by atoms with Crippen LogP contribution in [0.5, 0.6) is 0 Å². The van der Waals surface area contributed by atoms with Gasteiger partial charge in [0.25, 0.3) is 0 Å². The van der Waals surface area contributed by atoms with Crippen LogP contribution in [0.3, 0.4) is 0 Å². The molecule has 12 atom stereocenters. The van der Waals surface area contributed by atoms with Gasteiger partial charge in [-0.25, -0.2) is 4.79 Å². The van der Waals surface area contributed by atoms with E-state index >= 15 is 0 Å². The van der Waals surface area contributed by atoms with E-state index in [1.807, 2.05) is 41.5 Å². The molecule has 2 saturated heterocycles. The third kappa shape index (κ3) is 16.0. The summed E-state index contributed by atoms with van der Waals surface area (Å²) in [6, 6.07) is 0. The Morgan fingerprint density at radius 1 is 0.759 bits per heavy atom. The predicted octanol–water partition coefficient (Wildman–Crippen LogP) is 6.60. The Kier molecular flexibility index (Phi) is 20.5. The number of methoxy groups -OCH3 is 1. The molecule has 2 aliphatic rings. The number of hydrogen-bond donors (Lipinski definition) is 1. The molecule has 0 aromatic rings. The van der Waals surface area contributed by atoms with Crippen molar-refractivity contribution in [3.05, 3.63) is 11.6 Å². The van der Waals surface area contributed by atoms with E-state index in [4.69, 9.17) is 33.2 Å². The molecule has 0 saturated carbocycles. The highest BCUT2D eigenvalue weighted by molar-refractivity contribution is 5.87. The Bertz CT molecular complexity index is 1420. The third-order valence-corrected chi connectivity index (χ3v) is 10.8. The van der Waals surface area contributed by atoms with Gasteiger partial charge < -0.3 is 38.3 Å². The molecule has 0 amide bonds. The molecule has 0 aromatic carbocycles. The molecule has 2 rings (SSSR count). The molecule has 0 radical (unpaired) electrons. The average molecular weight is 825 g/mol. The van der Waals surface area contributed by atoms with Gasteiger partial charge in [0.1, 0.15) is 30.5 Å². The zero-order chi connectivity index (χ0) is 44.1. The second kappa shape index (κ2) is 23.4. The van der Waals surface area contributed by atoms with Crippen molar-refractivity contribution in [3.63, 3.8) is 0 Å². The van der Waals surface area contributed by atoms with Crippen molar-refractivity contribution >= 4 is 35.6 Å². The summed E-state index contributed by atoms with van der Waals surface area (Å²) in [4.78, 5) is 77.0. The van der Waals surface area contributed by atoms with Crippen LogP contribution in [-0.2, 0) is 61.9 Å². The SMILES string of the molecule is CCC(=O)OC(C/C=C(\C)C(=O)OC)C(C)C(OC(C)=O)C(CC(C)C(OC(=O)CC(C)C)C1CC(C)C[C@@]2(C[C@@H](C)C[C@H](C(O)C(C)=O)O2)O1)OC(=O)CC(C)C. The van der Waals surface area contributed by atoms with Crippen molar-refractivity contribution in [3.8, 4) is 0 Å². The first-order valence-corrected chi connectivity index (χ1v) is 21.1. The minimum atomic E-state index is -1.32. The Labute approximate surface area is 345 Å². The monoisotopic (exact) mass is 824 g/mol. The number of carbonyl (C=O) groups is 6.